The van der Waals surface area contributed by atoms with Gasteiger partial charge >= 0.3 is 0 Å². The highest BCUT2D eigenvalue weighted by molar-refractivity contribution is 5.95. The lowest BCUT2D eigenvalue weighted by molar-refractivity contribution is 0.0853. The van der Waals surface area contributed by atoms with Crippen LogP contribution in [0.5, 0.6) is 0 Å². The van der Waals surface area contributed by atoms with E-state index in [4.69, 9.17) is 0 Å². The van der Waals surface area contributed by atoms with Gasteiger partial charge in [-0.25, -0.2) is 4.98 Å². The first-order valence-electron chi connectivity index (χ1n) is 6.48. The average Bonchev–Trinajstić information content (AvgIpc) is 2.39. The summed E-state index contributed by atoms with van der Waals surface area (Å²) in [4.78, 5) is 20.2. The van der Waals surface area contributed by atoms with E-state index in [0.29, 0.717) is 5.69 Å². The molecule has 0 spiro atoms. The Labute approximate surface area is 103 Å². The quantitative estimate of drug-likeness (QED) is 0.752. The standard InChI is InChI=1S/C14H20N2O/c1-10(2)11-3-5-12(6-4-11)14(17)13-9-15-7-8-16-13/h7-12H,3-6H2,1-2H3. The molecule has 1 heterocycles. The van der Waals surface area contributed by atoms with Gasteiger partial charge in [-0.1, -0.05) is 13.8 Å². The fourth-order valence-electron chi connectivity index (χ4n) is 2.68. The van der Waals surface area contributed by atoms with Crippen LogP contribution in [0.4, 0.5) is 0 Å². The van der Waals surface area contributed by atoms with Crippen molar-refractivity contribution >= 4 is 5.78 Å². The fourth-order valence-corrected chi connectivity index (χ4v) is 2.68. The zero-order valence-corrected chi connectivity index (χ0v) is 10.6. The van der Waals surface area contributed by atoms with Gasteiger partial charge in [-0.2, -0.15) is 0 Å². The summed E-state index contributed by atoms with van der Waals surface area (Å²) in [6.45, 7) is 4.55. The van der Waals surface area contributed by atoms with E-state index in [-0.39, 0.29) is 11.7 Å². The molecule has 0 aliphatic heterocycles. The molecule has 0 saturated heterocycles. The van der Waals surface area contributed by atoms with Gasteiger partial charge in [0.05, 0.1) is 6.20 Å². The second kappa shape index (κ2) is 5.39. The van der Waals surface area contributed by atoms with Crippen LogP contribution in [0, 0.1) is 17.8 Å². The zero-order chi connectivity index (χ0) is 12.3. The van der Waals surface area contributed by atoms with E-state index in [1.165, 1.54) is 12.8 Å². The van der Waals surface area contributed by atoms with E-state index < -0.39 is 0 Å². The Kier molecular flexibility index (Phi) is 3.87. The van der Waals surface area contributed by atoms with Crippen LogP contribution >= 0.6 is 0 Å². The smallest absolute Gasteiger partial charge is 0.185 e. The molecular formula is C14H20N2O. The van der Waals surface area contributed by atoms with Crippen LogP contribution in [0.2, 0.25) is 0 Å². The van der Waals surface area contributed by atoms with Crippen LogP contribution in [0.3, 0.4) is 0 Å². The maximum absolute atomic E-state index is 12.2. The summed E-state index contributed by atoms with van der Waals surface area (Å²) in [5.41, 5.74) is 0.528. The van der Waals surface area contributed by atoms with Gasteiger partial charge in [0.15, 0.2) is 5.78 Å². The molecule has 1 fully saturated rings. The number of hydrogen-bond donors (Lipinski definition) is 0. The monoisotopic (exact) mass is 232 g/mol. The molecule has 0 bridgehead atoms. The number of ketones is 1. The Bertz CT molecular complexity index is 367. The Morgan fingerprint density at radius 3 is 2.47 bits per heavy atom. The third-order valence-corrected chi connectivity index (χ3v) is 3.90. The maximum atomic E-state index is 12.2. The molecule has 0 unspecified atom stereocenters. The van der Waals surface area contributed by atoms with Gasteiger partial charge in [-0.15, -0.1) is 0 Å². The van der Waals surface area contributed by atoms with Crippen molar-refractivity contribution in [2.24, 2.45) is 17.8 Å². The third-order valence-electron chi connectivity index (χ3n) is 3.90. The van der Waals surface area contributed by atoms with Gasteiger partial charge in [0.1, 0.15) is 5.69 Å². The van der Waals surface area contributed by atoms with E-state index in [1.54, 1.807) is 18.6 Å². The molecule has 0 amide bonds. The number of carbonyl (C=O) groups is 1. The summed E-state index contributed by atoms with van der Waals surface area (Å²) >= 11 is 0. The molecule has 1 aromatic rings. The van der Waals surface area contributed by atoms with Crippen molar-refractivity contribution < 1.29 is 4.79 Å². The molecule has 17 heavy (non-hydrogen) atoms. The van der Waals surface area contributed by atoms with E-state index >= 15 is 0 Å². The second-order valence-electron chi connectivity index (χ2n) is 5.31. The summed E-state index contributed by atoms with van der Waals surface area (Å²) in [6, 6.07) is 0. The third kappa shape index (κ3) is 2.90. The number of rotatable bonds is 3. The zero-order valence-electron chi connectivity index (χ0n) is 10.6. The molecule has 1 aliphatic carbocycles. The van der Waals surface area contributed by atoms with E-state index in [9.17, 15) is 4.79 Å². The van der Waals surface area contributed by atoms with Crippen LogP contribution in [-0.4, -0.2) is 15.8 Å². The molecule has 1 aromatic heterocycles. The van der Waals surface area contributed by atoms with Gasteiger partial charge in [-0.3, -0.25) is 9.78 Å². The predicted molar refractivity (Wildman–Crippen MR) is 66.6 cm³/mol. The van der Waals surface area contributed by atoms with Crippen LogP contribution in [0.15, 0.2) is 18.6 Å². The van der Waals surface area contributed by atoms with Crippen LogP contribution < -0.4 is 0 Å². The highest BCUT2D eigenvalue weighted by Crippen LogP contribution is 2.34. The molecule has 0 N–H and O–H groups in total. The van der Waals surface area contributed by atoms with Crippen molar-refractivity contribution in [3.63, 3.8) is 0 Å². The summed E-state index contributed by atoms with van der Waals surface area (Å²) in [6.07, 6.45) is 9.15. The van der Waals surface area contributed by atoms with Crippen molar-refractivity contribution in [2.45, 2.75) is 39.5 Å². The first-order valence-corrected chi connectivity index (χ1v) is 6.48. The van der Waals surface area contributed by atoms with Gasteiger partial charge in [-0.05, 0) is 37.5 Å². The topological polar surface area (TPSA) is 42.9 Å². The first-order chi connectivity index (χ1) is 8.18. The van der Waals surface area contributed by atoms with Crippen molar-refractivity contribution in [3.05, 3.63) is 24.3 Å². The van der Waals surface area contributed by atoms with Crippen LogP contribution in [0.25, 0.3) is 0 Å². The first kappa shape index (κ1) is 12.2. The molecular weight excluding hydrogens is 212 g/mol. The lowest BCUT2D eigenvalue weighted by Crippen LogP contribution is -2.24. The lowest BCUT2D eigenvalue weighted by Gasteiger charge is -2.29. The Morgan fingerprint density at radius 1 is 1.24 bits per heavy atom. The number of carbonyl (C=O) groups excluding carboxylic acids is 1. The minimum Gasteiger partial charge on any atom is -0.292 e. The van der Waals surface area contributed by atoms with Crippen LogP contribution in [0.1, 0.15) is 50.0 Å². The fraction of sp³-hybridized carbons (Fsp3) is 0.643. The Morgan fingerprint density at radius 2 is 1.94 bits per heavy atom. The summed E-state index contributed by atoms with van der Waals surface area (Å²) < 4.78 is 0. The molecule has 1 aliphatic rings. The molecule has 0 radical (unpaired) electrons. The minimum absolute atomic E-state index is 0.168. The maximum Gasteiger partial charge on any atom is 0.185 e. The molecule has 0 atom stereocenters. The molecule has 2 rings (SSSR count). The Balaban J connectivity index is 1.95. The molecule has 0 aromatic carbocycles. The predicted octanol–water partition coefficient (Wildman–Crippen LogP) is 3.12. The van der Waals surface area contributed by atoms with Gasteiger partial charge in [0, 0.05) is 18.3 Å². The number of hydrogen-bond acceptors (Lipinski definition) is 3. The average molecular weight is 232 g/mol. The van der Waals surface area contributed by atoms with Gasteiger partial charge < -0.3 is 0 Å². The number of aromatic nitrogens is 2. The van der Waals surface area contributed by atoms with Gasteiger partial charge in [0.2, 0.25) is 0 Å². The highest BCUT2D eigenvalue weighted by Gasteiger charge is 2.28. The van der Waals surface area contributed by atoms with Crippen molar-refractivity contribution in [2.75, 3.05) is 0 Å². The normalized spacial score (nSPS) is 24.9. The molecule has 3 heteroatoms. The molecule has 1 saturated carbocycles. The summed E-state index contributed by atoms with van der Waals surface area (Å²) in [7, 11) is 0. The van der Waals surface area contributed by atoms with E-state index in [0.717, 1.165) is 24.7 Å². The van der Waals surface area contributed by atoms with Crippen molar-refractivity contribution in [1.82, 2.24) is 9.97 Å². The lowest BCUT2D eigenvalue weighted by atomic mass is 9.75. The highest BCUT2D eigenvalue weighted by atomic mass is 16.1. The summed E-state index contributed by atoms with van der Waals surface area (Å²) in [5.74, 6) is 1.88. The van der Waals surface area contributed by atoms with E-state index in [1.807, 2.05) is 0 Å². The van der Waals surface area contributed by atoms with Crippen LogP contribution in [-0.2, 0) is 0 Å². The second-order valence-corrected chi connectivity index (χ2v) is 5.31. The number of Topliss-reactive ketones (excluding diaryl/α,β-unsaturated/α-hetero) is 1. The number of nitrogens with zero attached hydrogens (tertiary/aromatic N) is 2. The minimum atomic E-state index is 0.168. The SMILES string of the molecule is CC(C)C1CCC(C(=O)c2cnccn2)CC1. The van der Waals surface area contributed by atoms with Gasteiger partial charge in [0.25, 0.3) is 0 Å². The van der Waals surface area contributed by atoms with E-state index in [2.05, 4.69) is 23.8 Å². The molecule has 92 valence electrons. The molecule has 3 nitrogen and oxygen atoms in total. The summed E-state index contributed by atoms with van der Waals surface area (Å²) in [5, 5.41) is 0. The van der Waals surface area contributed by atoms with Crippen molar-refractivity contribution in [1.29, 1.82) is 0 Å². The largest absolute Gasteiger partial charge is 0.292 e. The Hall–Kier alpha value is -1.25. The van der Waals surface area contributed by atoms with Crippen molar-refractivity contribution in [3.8, 4) is 0 Å².